The molecule has 1 fully saturated rings. The van der Waals surface area contributed by atoms with E-state index in [9.17, 15) is 0 Å². The molecule has 0 atom stereocenters. The van der Waals surface area contributed by atoms with E-state index in [0.29, 0.717) is 0 Å². The Morgan fingerprint density at radius 2 is 1.92 bits per heavy atom. The van der Waals surface area contributed by atoms with Gasteiger partial charge in [0.15, 0.2) is 0 Å². The molecule has 2 N–H and O–H groups in total. The maximum atomic E-state index is 6.24. The lowest BCUT2D eigenvalue weighted by atomic mass is 9.79. The molecule has 1 rings (SSSR count). The number of hydrogen-bond donors (Lipinski definition) is 1. The quantitative estimate of drug-likeness (QED) is 0.657. The molecular weight excluding hydrogens is 150 g/mol. The van der Waals surface area contributed by atoms with Gasteiger partial charge in [0, 0.05) is 19.3 Å². The van der Waals surface area contributed by atoms with Gasteiger partial charge in [0.05, 0.1) is 0 Å². The van der Waals surface area contributed by atoms with Crippen molar-refractivity contribution in [2.75, 3.05) is 13.7 Å². The molecule has 1 saturated carbocycles. The van der Waals surface area contributed by atoms with Crippen molar-refractivity contribution in [3.63, 3.8) is 0 Å². The monoisotopic (exact) mass is 171 g/mol. The van der Waals surface area contributed by atoms with Gasteiger partial charge in [0.25, 0.3) is 0 Å². The van der Waals surface area contributed by atoms with E-state index in [-0.39, 0.29) is 5.54 Å². The number of rotatable bonds is 4. The van der Waals surface area contributed by atoms with E-state index in [4.69, 9.17) is 10.5 Å². The lowest BCUT2D eigenvalue weighted by Crippen LogP contribution is -2.41. The highest BCUT2D eigenvalue weighted by Gasteiger charge is 2.26. The van der Waals surface area contributed by atoms with Crippen molar-refractivity contribution in [2.45, 2.75) is 50.5 Å². The van der Waals surface area contributed by atoms with Crippen LogP contribution in [0, 0.1) is 0 Å². The topological polar surface area (TPSA) is 35.2 Å². The molecule has 2 heteroatoms. The van der Waals surface area contributed by atoms with Gasteiger partial charge in [-0.2, -0.15) is 0 Å². The Hall–Kier alpha value is -0.0800. The molecular formula is C10H21NO. The van der Waals surface area contributed by atoms with E-state index in [1.807, 2.05) is 0 Å². The average molecular weight is 171 g/mol. The first-order chi connectivity index (χ1) is 5.77. The van der Waals surface area contributed by atoms with Gasteiger partial charge in [-0.25, -0.2) is 0 Å². The first kappa shape index (κ1) is 10.0. The van der Waals surface area contributed by atoms with Gasteiger partial charge in [0.2, 0.25) is 0 Å². The number of nitrogens with two attached hydrogens (primary N) is 1. The highest BCUT2D eigenvalue weighted by Crippen LogP contribution is 2.29. The molecule has 0 amide bonds. The van der Waals surface area contributed by atoms with E-state index >= 15 is 0 Å². The molecule has 0 unspecified atom stereocenters. The van der Waals surface area contributed by atoms with Gasteiger partial charge in [-0.05, 0) is 25.7 Å². The van der Waals surface area contributed by atoms with Crippen molar-refractivity contribution in [1.82, 2.24) is 0 Å². The maximum absolute atomic E-state index is 6.24. The van der Waals surface area contributed by atoms with Crippen LogP contribution in [0.5, 0.6) is 0 Å². The van der Waals surface area contributed by atoms with Gasteiger partial charge in [-0.15, -0.1) is 0 Å². The van der Waals surface area contributed by atoms with Crippen LogP contribution in [0.15, 0.2) is 0 Å². The van der Waals surface area contributed by atoms with Crippen LogP contribution in [-0.4, -0.2) is 19.3 Å². The fourth-order valence-electron chi connectivity index (χ4n) is 2.07. The summed E-state index contributed by atoms with van der Waals surface area (Å²) in [5.41, 5.74) is 6.39. The van der Waals surface area contributed by atoms with Crippen LogP contribution in [0.2, 0.25) is 0 Å². The minimum absolute atomic E-state index is 0.150. The third-order valence-electron chi connectivity index (χ3n) is 2.87. The minimum Gasteiger partial charge on any atom is -0.385 e. The van der Waals surface area contributed by atoms with E-state index in [1.54, 1.807) is 7.11 Å². The normalized spacial score (nSPS) is 22.5. The van der Waals surface area contributed by atoms with E-state index in [0.717, 1.165) is 19.4 Å². The summed E-state index contributed by atoms with van der Waals surface area (Å²) in [6, 6.07) is 0. The highest BCUT2D eigenvalue weighted by molar-refractivity contribution is 4.86. The van der Waals surface area contributed by atoms with E-state index < -0.39 is 0 Å². The fraction of sp³-hybridized carbons (Fsp3) is 1.00. The zero-order chi connectivity index (χ0) is 8.86. The summed E-state index contributed by atoms with van der Waals surface area (Å²) in [4.78, 5) is 0. The second-order valence-corrected chi connectivity index (χ2v) is 4.02. The molecule has 0 radical (unpaired) electrons. The fourth-order valence-corrected chi connectivity index (χ4v) is 2.07. The molecule has 0 aliphatic heterocycles. The minimum atomic E-state index is 0.150. The summed E-state index contributed by atoms with van der Waals surface area (Å²) in [5.74, 6) is 0. The smallest absolute Gasteiger partial charge is 0.0462 e. The van der Waals surface area contributed by atoms with Gasteiger partial charge in [-0.1, -0.05) is 19.3 Å². The summed E-state index contributed by atoms with van der Waals surface area (Å²) in [7, 11) is 1.75. The second kappa shape index (κ2) is 4.83. The Labute approximate surface area is 75.5 Å². The first-order valence-corrected chi connectivity index (χ1v) is 5.05. The summed E-state index contributed by atoms with van der Waals surface area (Å²) in [6.45, 7) is 0.860. The second-order valence-electron chi connectivity index (χ2n) is 4.02. The molecule has 2 nitrogen and oxygen atoms in total. The van der Waals surface area contributed by atoms with Gasteiger partial charge >= 0.3 is 0 Å². The molecule has 12 heavy (non-hydrogen) atoms. The number of methoxy groups -OCH3 is 1. The van der Waals surface area contributed by atoms with Crippen LogP contribution >= 0.6 is 0 Å². The van der Waals surface area contributed by atoms with Crippen molar-refractivity contribution in [3.05, 3.63) is 0 Å². The Morgan fingerprint density at radius 3 is 2.50 bits per heavy atom. The Balaban J connectivity index is 2.17. The molecule has 72 valence electrons. The third kappa shape index (κ3) is 3.11. The molecule has 0 saturated heterocycles. The van der Waals surface area contributed by atoms with E-state index in [1.165, 1.54) is 32.1 Å². The molecule has 0 spiro atoms. The SMILES string of the molecule is COCCCC1(N)CCCCC1. The largest absolute Gasteiger partial charge is 0.385 e. The van der Waals surface area contributed by atoms with Crippen LogP contribution in [-0.2, 0) is 4.74 Å². The number of hydrogen-bond acceptors (Lipinski definition) is 2. The summed E-state index contributed by atoms with van der Waals surface area (Å²) in [6.07, 6.45) is 8.72. The van der Waals surface area contributed by atoms with Crippen LogP contribution < -0.4 is 5.73 Å². The van der Waals surface area contributed by atoms with Crippen LogP contribution in [0.3, 0.4) is 0 Å². The van der Waals surface area contributed by atoms with Gasteiger partial charge in [0.1, 0.15) is 0 Å². The van der Waals surface area contributed by atoms with Crippen LogP contribution in [0.4, 0.5) is 0 Å². The Kier molecular flexibility index (Phi) is 4.02. The van der Waals surface area contributed by atoms with Crippen molar-refractivity contribution < 1.29 is 4.74 Å². The zero-order valence-corrected chi connectivity index (χ0v) is 8.14. The molecule has 1 aliphatic carbocycles. The highest BCUT2D eigenvalue weighted by atomic mass is 16.5. The molecule has 0 heterocycles. The standard InChI is InChI=1S/C10H21NO/c1-12-9-5-8-10(11)6-3-2-4-7-10/h2-9,11H2,1H3. The maximum Gasteiger partial charge on any atom is 0.0462 e. The predicted octanol–water partition coefficient (Wildman–Crippen LogP) is 2.07. The molecule has 0 aromatic rings. The zero-order valence-electron chi connectivity index (χ0n) is 8.14. The van der Waals surface area contributed by atoms with Crippen LogP contribution in [0.25, 0.3) is 0 Å². The first-order valence-electron chi connectivity index (χ1n) is 5.05. The summed E-state index contributed by atoms with van der Waals surface area (Å²) in [5, 5.41) is 0. The summed E-state index contributed by atoms with van der Waals surface area (Å²) < 4.78 is 5.02. The lowest BCUT2D eigenvalue weighted by Gasteiger charge is -2.33. The molecule has 1 aliphatic rings. The van der Waals surface area contributed by atoms with E-state index in [2.05, 4.69) is 0 Å². The predicted molar refractivity (Wildman–Crippen MR) is 51.1 cm³/mol. The van der Waals surface area contributed by atoms with Crippen molar-refractivity contribution in [3.8, 4) is 0 Å². The third-order valence-corrected chi connectivity index (χ3v) is 2.87. The summed E-state index contributed by atoms with van der Waals surface area (Å²) >= 11 is 0. The molecule has 0 bridgehead atoms. The van der Waals surface area contributed by atoms with Crippen LogP contribution in [0.1, 0.15) is 44.9 Å². The molecule has 0 aromatic heterocycles. The average Bonchev–Trinajstić information content (AvgIpc) is 2.06. The lowest BCUT2D eigenvalue weighted by molar-refractivity contribution is 0.173. The Morgan fingerprint density at radius 1 is 1.25 bits per heavy atom. The number of ether oxygens (including phenoxy) is 1. The molecule has 0 aromatic carbocycles. The van der Waals surface area contributed by atoms with Crippen molar-refractivity contribution >= 4 is 0 Å². The Bertz CT molecular complexity index is 119. The van der Waals surface area contributed by atoms with Gasteiger partial charge in [-0.3, -0.25) is 0 Å². The van der Waals surface area contributed by atoms with Crippen molar-refractivity contribution in [2.24, 2.45) is 5.73 Å². The van der Waals surface area contributed by atoms with Crippen molar-refractivity contribution in [1.29, 1.82) is 0 Å². The van der Waals surface area contributed by atoms with Gasteiger partial charge < -0.3 is 10.5 Å².